The number of rotatable bonds is 7. The maximum Gasteiger partial charge on any atom is 0.340 e. The lowest BCUT2D eigenvalue weighted by atomic mass is 9.89. The standard InChI is InChI=1S/C23H26N2O4/c26-21(24-15-17-9-3-1-4-10-17)16-29-23(28)19-13-7-8-14-20(19)25-22(27)18-11-5-2-6-12-18/h2,5-8,11-14,17H,1,3-4,9-10,15-16H2,(H,24,26)(H,25,27). The van der Waals surface area contributed by atoms with Crippen LogP contribution in [0.15, 0.2) is 54.6 Å². The summed E-state index contributed by atoms with van der Waals surface area (Å²) < 4.78 is 5.16. The van der Waals surface area contributed by atoms with E-state index in [1.807, 2.05) is 6.07 Å². The average Bonchev–Trinajstić information content (AvgIpc) is 2.77. The van der Waals surface area contributed by atoms with Gasteiger partial charge in [-0.05, 0) is 43.0 Å². The molecule has 0 radical (unpaired) electrons. The maximum atomic E-state index is 12.4. The molecule has 0 bridgehead atoms. The highest BCUT2D eigenvalue weighted by atomic mass is 16.5. The topological polar surface area (TPSA) is 84.5 Å². The van der Waals surface area contributed by atoms with Gasteiger partial charge in [-0.1, -0.05) is 49.6 Å². The number of anilines is 1. The Morgan fingerprint density at radius 1 is 0.897 bits per heavy atom. The molecule has 2 aromatic carbocycles. The van der Waals surface area contributed by atoms with E-state index in [-0.39, 0.29) is 24.0 Å². The summed E-state index contributed by atoms with van der Waals surface area (Å²) in [5.41, 5.74) is 1.03. The minimum Gasteiger partial charge on any atom is -0.452 e. The van der Waals surface area contributed by atoms with Crippen molar-refractivity contribution in [2.24, 2.45) is 5.92 Å². The number of hydrogen-bond donors (Lipinski definition) is 2. The van der Waals surface area contributed by atoms with Crippen molar-refractivity contribution >= 4 is 23.5 Å². The summed E-state index contributed by atoms with van der Waals surface area (Å²) in [7, 11) is 0. The van der Waals surface area contributed by atoms with E-state index >= 15 is 0 Å². The van der Waals surface area contributed by atoms with Gasteiger partial charge in [-0.15, -0.1) is 0 Å². The molecule has 29 heavy (non-hydrogen) atoms. The van der Waals surface area contributed by atoms with E-state index in [9.17, 15) is 14.4 Å². The third-order valence-electron chi connectivity index (χ3n) is 5.08. The second-order valence-corrected chi connectivity index (χ2v) is 7.25. The van der Waals surface area contributed by atoms with Gasteiger partial charge in [-0.25, -0.2) is 4.79 Å². The van der Waals surface area contributed by atoms with Gasteiger partial charge >= 0.3 is 5.97 Å². The van der Waals surface area contributed by atoms with Gasteiger partial charge in [-0.3, -0.25) is 9.59 Å². The van der Waals surface area contributed by atoms with Gasteiger partial charge < -0.3 is 15.4 Å². The minimum absolute atomic E-state index is 0.205. The summed E-state index contributed by atoms with van der Waals surface area (Å²) >= 11 is 0. The molecule has 1 aliphatic carbocycles. The Morgan fingerprint density at radius 3 is 2.34 bits per heavy atom. The molecule has 2 aromatic rings. The molecule has 0 heterocycles. The maximum absolute atomic E-state index is 12.4. The molecule has 1 saturated carbocycles. The highest BCUT2D eigenvalue weighted by molar-refractivity contribution is 6.08. The van der Waals surface area contributed by atoms with E-state index in [4.69, 9.17) is 4.74 Å². The average molecular weight is 394 g/mol. The quantitative estimate of drug-likeness (QED) is 0.700. The van der Waals surface area contributed by atoms with Gasteiger partial charge in [0, 0.05) is 12.1 Å². The molecule has 0 spiro atoms. The summed E-state index contributed by atoms with van der Waals surface area (Å²) in [6.45, 7) is 0.284. The van der Waals surface area contributed by atoms with Gasteiger partial charge in [0.2, 0.25) is 0 Å². The van der Waals surface area contributed by atoms with Gasteiger partial charge in [0.25, 0.3) is 11.8 Å². The molecular weight excluding hydrogens is 368 g/mol. The Kier molecular flexibility index (Phi) is 7.39. The summed E-state index contributed by atoms with van der Waals surface area (Å²) in [6, 6.07) is 15.3. The monoisotopic (exact) mass is 394 g/mol. The molecule has 0 saturated heterocycles. The second-order valence-electron chi connectivity index (χ2n) is 7.25. The van der Waals surface area contributed by atoms with Crippen LogP contribution in [0, 0.1) is 5.92 Å². The zero-order valence-corrected chi connectivity index (χ0v) is 16.4. The molecule has 2 amide bonds. The molecule has 0 aliphatic heterocycles. The first-order chi connectivity index (χ1) is 14.1. The van der Waals surface area contributed by atoms with Crippen LogP contribution >= 0.6 is 0 Å². The van der Waals surface area contributed by atoms with Crippen LogP contribution < -0.4 is 10.6 Å². The Bertz CT molecular complexity index is 845. The number of nitrogens with one attached hydrogen (secondary N) is 2. The number of para-hydroxylation sites is 1. The van der Waals surface area contributed by atoms with Crippen LogP contribution in [-0.4, -0.2) is 30.9 Å². The van der Waals surface area contributed by atoms with E-state index in [0.717, 1.165) is 12.8 Å². The van der Waals surface area contributed by atoms with Crippen molar-refractivity contribution in [1.29, 1.82) is 0 Å². The summed E-state index contributed by atoms with van der Waals surface area (Å²) in [4.78, 5) is 36.8. The summed E-state index contributed by atoms with van der Waals surface area (Å²) in [5, 5.41) is 5.56. The Morgan fingerprint density at radius 2 is 1.59 bits per heavy atom. The van der Waals surface area contributed by atoms with Crippen molar-refractivity contribution in [3.05, 3.63) is 65.7 Å². The van der Waals surface area contributed by atoms with Crippen LogP contribution in [0.3, 0.4) is 0 Å². The van der Waals surface area contributed by atoms with E-state index < -0.39 is 5.97 Å². The zero-order valence-electron chi connectivity index (χ0n) is 16.4. The highest BCUT2D eigenvalue weighted by Gasteiger charge is 2.18. The molecule has 1 fully saturated rings. The first-order valence-corrected chi connectivity index (χ1v) is 10.0. The molecule has 0 unspecified atom stereocenters. The first-order valence-electron chi connectivity index (χ1n) is 10.0. The molecule has 0 atom stereocenters. The van der Waals surface area contributed by atoms with Crippen molar-refractivity contribution in [3.8, 4) is 0 Å². The number of amides is 2. The van der Waals surface area contributed by atoms with Crippen molar-refractivity contribution in [1.82, 2.24) is 5.32 Å². The minimum atomic E-state index is -0.651. The third-order valence-corrected chi connectivity index (χ3v) is 5.08. The fraction of sp³-hybridized carbons (Fsp3) is 0.348. The third kappa shape index (κ3) is 6.17. The van der Waals surface area contributed by atoms with Crippen molar-refractivity contribution in [3.63, 3.8) is 0 Å². The molecule has 3 rings (SSSR count). The predicted molar refractivity (Wildman–Crippen MR) is 111 cm³/mol. The van der Waals surface area contributed by atoms with E-state index in [1.54, 1.807) is 48.5 Å². The lowest BCUT2D eigenvalue weighted by Crippen LogP contribution is -2.33. The Hall–Kier alpha value is -3.15. The van der Waals surface area contributed by atoms with E-state index in [1.165, 1.54) is 19.3 Å². The number of hydrogen-bond acceptors (Lipinski definition) is 4. The van der Waals surface area contributed by atoms with Crippen molar-refractivity contribution in [2.75, 3.05) is 18.5 Å². The van der Waals surface area contributed by atoms with Crippen LogP contribution in [0.5, 0.6) is 0 Å². The first kappa shape index (κ1) is 20.6. The Labute approximate surface area is 170 Å². The fourth-order valence-electron chi connectivity index (χ4n) is 3.46. The zero-order chi connectivity index (χ0) is 20.5. The lowest BCUT2D eigenvalue weighted by molar-refractivity contribution is -0.124. The molecule has 152 valence electrons. The normalized spacial score (nSPS) is 14.1. The van der Waals surface area contributed by atoms with Crippen LogP contribution in [0.25, 0.3) is 0 Å². The Balaban J connectivity index is 1.52. The number of benzene rings is 2. The second kappa shape index (κ2) is 10.4. The number of carbonyl (C=O) groups excluding carboxylic acids is 3. The summed E-state index contributed by atoms with van der Waals surface area (Å²) in [5.74, 6) is -0.773. The summed E-state index contributed by atoms with van der Waals surface area (Å²) in [6.07, 6.45) is 5.95. The van der Waals surface area contributed by atoms with E-state index in [2.05, 4.69) is 10.6 Å². The molecule has 2 N–H and O–H groups in total. The molecule has 6 heteroatoms. The molecule has 0 aromatic heterocycles. The van der Waals surface area contributed by atoms with Crippen LogP contribution in [0.1, 0.15) is 52.8 Å². The number of esters is 1. The van der Waals surface area contributed by atoms with Gasteiger partial charge in [0.1, 0.15) is 0 Å². The smallest absolute Gasteiger partial charge is 0.340 e. The van der Waals surface area contributed by atoms with Crippen LogP contribution in [-0.2, 0) is 9.53 Å². The largest absolute Gasteiger partial charge is 0.452 e. The predicted octanol–water partition coefficient (Wildman–Crippen LogP) is 3.79. The van der Waals surface area contributed by atoms with Gasteiger partial charge in [-0.2, -0.15) is 0 Å². The molecule has 1 aliphatic rings. The molecule has 6 nitrogen and oxygen atoms in total. The highest BCUT2D eigenvalue weighted by Crippen LogP contribution is 2.22. The number of carbonyl (C=O) groups is 3. The van der Waals surface area contributed by atoms with Crippen molar-refractivity contribution < 1.29 is 19.1 Å². The molecular formula is C23H26N2O4. The van der Waals surface area contributed by atoms with Crippen LogP contribution in [0.2, 0.25) is 0 Å². The van der Waals surface area contributed by atoms with E-state index in [0.29, 0.717) is 23.7 Å². The number of ether oxygens (including phenoxy) is 1. The van der Waals surface area contributed by atoms with Gasteiger partial charge in [0.05, 0.1) is 11.3 Å². The van der Waals surface area contributed by atoms with Gasteiger partial charge in [0.15, 0.2) is 6.61 Å². The fourth-order valence-corrected chi connectivity index (χ4v) is 3.46. The SMILES string of the molecule is O=C(COC(=O)c1ccccc1NC(=O)c1ccccc1)NCC1CCCCC1. The van der Waals surface area contributed by atoms with Crippen LogP contribution in [0.4, 0.5) is 5.69 Å². The van der Waals surface area contributed by atoms with Crippen molar-refractivity contribution in [2.45, 2.75) is 32.1 Å². The lowest BCUT2D eigenvalue weighted by Gasteiger charge is -2.21.